The Morgan fingerprint density at radius 2 is 1.84 bits per heavy atom. The second-order valence-electron chi connectivity index (χ2n) is 6.35. The maximum Gasteiger partial charge on any atom is 0.343 e. The standard InChI is InChI=1S/C22H18ClNO7S/c1-3-30-18(25)12-24-20(26)17(32-22(24)28)11-14-5-4-6-16(29-2)19(14)31-21(27)13-7-9-15(23)10-8-13/h4-11H,3,12H2,1-2H3/b17-11-. The van der Waals surface area contributed by atoms with E-state index in [1.165, 1.54) is 25.3 Å². The van der Waals surface area contributed by atoms with Crippen LogP contribution in [0.3, 0.4) is 0 Å². The maximum absolute atomic E-state index is 12.7. The second kappa shape index (κ2) is 10.3. The third-order valence-electron chi connectivity index (χ3n) is 4.26. The van der Waals surface area contributed by atoms with Gasteiger partial charge in [0.2, 0.25) is 0 Å². The number of halogens is 1. The zero-order chi connectivity index (χ0) is 23.3. The van der Waals surface area contributed by atoms with Crippen LogP contribution in [0.5, 0.6) is 11.5 Å². The van der Waals surface area contributed by atoms with Gasteiger partial charge in [-0.2, -0.15) is 0 Å². The molecule has 166 valence electrons. The van der Waals surface area contributed by atoms with Crippen molar-refractivity contribution in [3.63, 3.8) is 0 Å². The Morgan fingerprint density at radius 1 is 1.12 bits per heavy atom. The number of amides is 2. The summed E-state index contributed by atoms with van der Waals surface area (Å²) in [5.41, 5.74) is 0.606. The summed E-state index contributed by atoms with van der Waals surface area (Å²) >= 11 is 6.53. The summed E-state index contributed by atoms with van der Waals surface area (Å²) in [6.07, 6.45) is 1.41. The predicted octanol–water partition coefficient (Wildman–Crippen LogP) is 4.17. The van der Waals surface area contributed by atoms with Crippen LogP contribution >= 0.6 is 23.4 Å². The molecule has 0 bridgehead atoms. The molecule has 0 saturated carbocycles. The van der Waals surface area contributed by atoms with E-state index in [0.717, 1.165) is 4.90 Å². The van der Waals surface area contributed by atoms with Crippen LogP contribution in [0.15, 0.2) is 47.4 Å². The molecule has 0 N–H and O–H groups in total. The molecule has 32 heavy (non-hydrogen) atoms. The van der Waals surface area contributed by atoms with Gasteiger partial charge in [-0.25, -0.2) is 4.79 Å². The predicted molar refractivity (Wildman–Crippen MR) is 119 cm³/mol. The van der Waals surface area contributed by atoms with Gasteiger partial charge in [0.05, 0.1) is 24.2 Å². The normalized spacial score (nSPS) is 14.6. The number of nitrogens with zero attached hydrogens (tertiary/aromatic N) is 1. The number of imide groups is 1. The minimum atomic E-state index is -0.685. The van der Waals surface area contributed by atoms with Gasteiger partial charge in [-0.1, -0.05) is 23.7 Å². The summed E-state index contributed by atoms with van der Waals surface area (Å²) in [6, 6.07) is 11.0. The van der Waals surface area contributed by atoms with Gasteiger partial charge in [-0.05, 0) is 55.1 Å². The van der Waals surface area contributed by atoms with E-state index < -0.39 is 29.6 Å². The van der Waals surface area contributed by atoms with E-state index in [2.05, 4.69) is 0 Å². The molecule has 0 aromatic heterocycles. The zero-order valence-electron chi connectivity index (χ0n) is 17.1. The molecule has 2 aromatic rings. The number of ether oxygens (including phenoxy) is 3. The van der Waals surface area contributed by atoms with Crippen molar-refractivity contribution in [1.29, 1.82) is 0 Å². The second-order valence-corrected chi connectivity index (χ2v) is 7.78. The number of thioether (sulfide) groups is 1. The number of esters is 2. The summed E-state index contributed by atoms with van der Waals surface area (Å²) in [5, 5.41) is -0.130. The lowest BCUT2D eigenvalue weighted by atomic mass is 10.1. The highest BCUT2D eigenvalue weighted by Crippen LogP contribution is 2.37. The number of hydrogen-bond donors (Lipinski definition) is 0. The summed E-state index contributed by atoms with van der Waals surface area (Å²) < 4.78 is 15.6. The molecule has 1 aliphatic rings. The van der Waals surface area contributed by atoms with Crippen LogP contribution in [-0.4, -0.2) is 48.2 Å². The van der Waals surface area contributed by atoms with Gasteiger partial charge < -0.3 is 14.2 Å². The van der Waals surface area contributed by atoms with Gasteiger partial charge >= 0.3 is 11.9 Å². The van der Waals surface area contributed by atoms with E-state index in [1.807, 2.05) is 0 Å². The van der Waals surface area contributed by atoms with Crippen molar-refractivity contribution in [2.75, 3.05) is 20.3 Å². The van der Waals surface area contributed by atoms with E-state index in [1.54, 1.807) is 37.3 Å². The molecule has 0 atom stereocenters. The van der Waals surface area contributed by atoms with Crippen molar-refractivity contribution in [2.24, 2.45) is 0 Å². The molecule has 0 unspecified atom stereocenters. The van der Waals surface area contributed by atoms with Gasteiger partial charge in [0.15, 0.2) is 11.5 Å². The van der Waals surface area contributed by atoms with Gasteiger partial charge in [-0.3, -0.25) is 19.3 Å². The van der Waals surface area contributed by atoms with Gasteiger partial charge in [0.25, 0.3) is 11.1 Å². The van der Waals surface area contributed by atoms with Gasteiger partial charge in [-0.15, -0.1) is 0 Å². The Hall–Kier alpha value is -3.30. The monoisotopic (exact) mass is 475 g/mol. The minimum Gasteiger partial charge on any atom is -0.493 e. The van der Waals surface area contributed by atoms with E-state index in [-0.39, 0.29) is 28.6 Å². The third-order valence-corrected chi connectivity index (χ3v) is 5.42. The largest absolute Gasteiger partial charge is 0.493 e. The van der Waals surface area contributed by atoms with Crippen LogP contribution < -0.4 is 9.47 Å². The van der Waals surface area contributed by atoms with Crippen molar-refractivity contribution in [3.05, 3.63) is 63.5 Å². The highest BCUT2D eigenvalue weighted by atomic mass is 35.5. The summed E-state index contributed by atoms with van der Waals surface area (Å²) in [6.45, 7) is 1.28. The van der Waals surface area contributed by atoms with Crippen molar-refractivity contribution in [2.45, 2.75) is 6.92 Å². The third kappa shape index (κ3) is 5.30. The molecule has 2 aromatic carbocycles. The summed E-state index contributed by atoms with van der Waals surface area (Å²) in [4.78, 5) is 50.0. The fourth-order valence-corrected chi connectivity index (χ4v) is 3.72. The molecule has 1 aliphatic heterocycles. The molecular weight excluding hydrogens is 458 g/mol. The van der Waals surface area contributed by atoms with E-state index >= 15 is 0 Å². The van der Waals surface area contributed by atoms with E-state index in [9.17, 15) is 19.2 Å². The Morgan fingerprint density at radius 3 is 2.50 bits per heavy atom. The number of methoxy groups -OCH3 is 1. The average molecular weight is 476 g/mol. The van der Waals surface area contributed by atoms with Crippen molar-refractivity contribution in [1.82, 2.24) is 4.90 Å². The van der Waals surface area contributed by atoms with Crippen molar-refractivity contribution < 1.29 is 33.4 Å². The first-order valence-electron chi connectivity index (χ1n) is 9.39. The average Bonchev–Trinajstić information content (AvgIpc) is 3.02. The smallest absolute Gasteiger partial charge is 0.343 e. The number of hydrogen-bond acceptors (Lipinski definition) is 8. The molecule has 2 amide bonds. The molecule has 1 saturated heterocycles. The SMILES string of the molecule is CCOC(=O)CN1C(=O)S/C(=C\c2cccc(OC)c2OC(=O)c2ccc(Cl)cc2)C1=O. The first-order chi connectivity index (χ1) is 15.3. The van der Waals surface area contributed by atoms with E-state index in [0.29, 0.717) is 22.3 Å². The summed E-state index contributed by atoms with van der Waals surface area (Å²) in [5.74, 6) is -1.66. The lowest BCUT2D eigenvalue weighted by Gasteiger charge is -2.13. The fraction of sp³-hybridized carbons (Fsp3) is 0.182. The Kier molecular flexibility index (Phi) is 7.55. The quantitative estimate of drug-likeness (QED) is 0.334. The van der Waals surface area contributed by atoms with Crippen LogP contribution in [-0.2, 0) is 14.3 Å². The maximum atomic E-state index is 12.7. The number of carbonyl (C=O) groups is 4. The highest BCUT2D eigenvalue weighted by Gasteiger charge is 2.37. The van der Waals surface area contributed by atoms with Crippen molar-refractivity contribution in [3.8, 4) is 11.5 Å². The van der Waals surface area contributed by atoms with Gasteiger partial charge in [0, 0.05) is 10.6 Å². The molecule has 1 heterocycles. The van der Waals surface area contributed by atoms with Gasteiger partial charge in [0.1, 0.15) is 6.54 Å². The molecular formula is C22H18ClNO7S. The topological polar surface area (TPSA) is 99.2 Å². The molecule has 8 nitrogen and oxygen atoms in total. The van der Waals surface area contributed by atoms with Crippen LogP contribution in [0.1, 0.15) is 22.8 Å². The minimum absolute atomic E-state index is 0.0661. The lowest BCUT2D eigenvalue weighted by molar-refractivity contribution is -0.145. The van der Waals surface area contributed by atoms with Crippen LogP contribution in [0, 0.1) is 0 Å². The molecule has 0 radical (unpaired) electrons. The first-order valence-corrected chi connectivity index (χ1v) is 10.6. The number of benzene rings is 2. The zero-order valence-corrected chi connectivity index (χ0v) is 18.7. The van der Waals surface area contributed by atoms with Crippen LogP contribution in [0.25, 0.3) is 6.08 Å². The summed E-state index contributed by atoms with van der Waals surface area (Å²) in [7, 11) is 1.41. The lowest BCUT2D eigenvalue weighted by Crippen LogP contribution is -2.34. The highest BCUT2D eigenvalue weighted by molar-refractivity contribution is 8.18. The number of rotatable bonds is 7. The molecule has 1 fully saturated rings. The molecule has 3 rings (SSSR count). The fourth-order valence-electron chi connectivity index (χ4n) is 2.77. The number of carbonyl (C=O) groups excluding carboxylic acids is 4. The Balaban J connectivity index is 1.90. The first kappa shape index (κ1) is 23.4. The van der Waals surface area contributed by atoms with Crippen molar-refractivity contribution >= 4 is 52.5 Å². The Bertz CT molecular complexity index is 1100. The van der Waals surface area contributed by atoms with Crippen LogP contribution in [0.4, 0.5) is 4.79 Å². The van der Waals surface area contributed by atoms with E-state index in [4.69, 9.17) is 25.8 Å². The molecule has 0 aliphatic carbocycles. The molecule has 0 spiro atoms. The molecule has 10 heteroatoms. The number of para-hydroxylation sites is 1. The van der Waals surface area contributed by atoms with Crippen LogP contribution in [0.2, 0.25) is 5.02 Å². The Labute approximate surface area is 193 Å².